The zero-order chi connectivity index (χ0) is 11.4. The van der Waals surface area contributed by atoms with E-state index in [0.29, 0.717) is 5.56 Å². The number of likely N-dealkylation sites (tertiary alicyclic amines) is 1. The third kappa shape index (κ3) is 4.02. The molecule has 1 aliphatic rings. The Morgan fingerprint density at radius 2 is 1.94 bits per heavy atom. The fourth-order valence-corrected chi connectivity index (χ4v) is 2.18. The zero-order valence-corrected chi connectivity index (χ0v) is 10.5. The fourth-order valence-electron chi connectivity index (χ4n) is 2.18. The lowest BCUT2D eigenvalue weighted by Gasteiger charge is -2.26. The molecule has 0 atom stereocenters. The van der Waals surface area contributed by atoms with E-state index in [-0.39, 0.29) is 12.4 Å². The maximum absolute atomic E-state index is 10.8. The van der Waals surface area contributed by atoms with Crippen molar-refractivity contribution in [2.45, 2.75) is 25.8 Å². The second-order valence-electron chi connectivity index (χ2n) is 4.34. The number of aromatic carboxylic acids is 1. The van der Waals surface area contributed by atoms with Crippen LogP contribution in [0.2, 0.25) is 0 Å². The van der Waals surface area contributed by atoms with E-state index in [9.17, 15) is 4.79 Å². The Morgan fingerprint density at radius 3 is 2.59 bits per heavy atom. The number of carboxylic acid groups (broad SMARTS) is 1. The van der Waals surface area contributed by atoms with Gasteiger partial charge in [0.1, 0.15) is 0 Å². The molecule has 1 fully saturated rings. The lowest BCUT2D eigenvalue weighted by molar-refractivity contribution is -0.0000188. The van der Waals surface area contributed by atoms with E-state index in [1.165, 1.54) is 19.3 Å². The van der Waals surface area contributed by atoms with Gasteiger partial charge in [0.05, 0.1) is 5.56 Å². The van der Waals surface area contributed by atoms with Gasteiger partial charge in [-0.25, -0.2) is 4.79 Å². The van der Waals surface area contributed by atoms with Crippen molar-refractivity contribution >= 4 is 5.97 Å². The Balaban J connectivity index is 0.00000144. The number of carbonyl (C=O) groups is 1. The SMILES string of the molecule is O=C(O)c1cccc(CN2CCCCC2)c1.[Cl-]. The molecule has 1 aromatic rings. The molecule has 1 N–H and O–H groups in total. The molecule has 1 heterocycles. The predicted octanol–water partition coefficient (Wildman–Crippen LogP) is -0.625. The molecule has 3 nitrogen and oxygen atoms in total. The Kier molecular flexibility index (Phi) is 5.45. The van der Waals surface area contributed by atoms with Crippen LogP contribution in [0.15, 0.2) is 24.3 Å². The van der Waals surface area contributed by atoms with Crippen LogP contribution in [0.4, 0.5) is 0 Å². The van der Waals surface area contributed by atoms with Crippen LogP contribution in [-0.4, -0.2) is 29.1 Å². The normalized spacial score (nSPS) is 16.2. The van der Waals surface area contributed by atoms with E-state index < -0.39 is 5.97 Å². The molecule has 0 saturated carbocycles. The average Bonchev–Trinajstić information content (AvgIpc) is 2.30. The first-order valence-corrected chi connectivity index (χ1v) is 5.80. The van der Waals surface area contributed by atoms with Crippen LogP contribution in [0.3, 0.4) is 0 Å². The second-order valence-corrected chi connectivity index (χ2v) is 4.34. The molecule has 2 rings (SSSR count). The van der Waals surface area contributed by atoms with E-state index in [1.54, 1.807) is 12.1 Å². The third-order valence-electron chi connectivity index (χ3n) is 3.03. The minimum Gasteiger partial charge on any atom is -1.00 e. The number of carboxylic acids is 1. The fraction of sp³-hybridized carbons (Fsp3) is 0.462. The second kappa shape index (κ2) is 6.62. The van der Waals surface area contributed by atoms with Gasteiger partial charge in [-0.2, -0.15) is 0 Å². The summed E-state index contributed by atoms with van der Waals surface area (Å²) < 4.78 is 0. The summed E-state index contributed by atoms with van der Waals surface area (Å²) in [5.74, 6) is -0.847. The van der Waals surface area contributed by atoms with Crippen molar-refractivity contribution < 1.29 is 22.3 Å². The molecule has 0 aromatic heterocycles. The Hall–Kier alpha value is -1.06. The van der Waals surface area contributed by atoms with Crippen LogP contribution < -0.4 is 12.4 Å². The van der Waals surface area contributed by atoms with Gasteiger partial charge in [-0.1, -0.05) is 18.6 Å². The number of hydrogen-bond acceptors (Lipinski definition) is 2. The first-order chi connectivity index (χ1) is 7.75. The molecule has 4 heteroatoms. The monoisotopic (exact) mass is 254 g/mol. The molecule has 1 saturated heterocycles. The van der Waals surface area contributed by atoms with Gasteiger partial charge in [0.15, 0.2) is 0 Å². The van der Waals surface area contributed by atoms with E-state index in [4.69, 9.17) is 5.11 Å². The average molecular weight is 255 g/mol. The molecule has 94 valence electrons. The minimum absolute atomic E-state index is 0. The van der Waals surface area contributed by atoms with Crippen LogP contribution in [0.25, 0.3) is 0 Å². The van der Waals surface area contributed by atoms with Crippen molar-refractivity contribution in [2.24, 2.45) is 0 Å². The largest absolute Gasteiger partial charge is 1.00 e. The van der Waals surface area contributed by atoms with Crippen LogP contribution in [0.1, 0.15) is 35.2 Å². The Labute approximate surface area is 108 Å². The van der Waals surface area contributed by atoms with Crippen LogP contribution in [0.5, 0.6) is 0 Å². The maximum atomic E-state index is 10.8. The number of halogens is 1. The van der Waals surface area contributed by atoms with Crippen molar-refractivity contribution in [1.82, 2.24) is 4.90 Å². The van der Waals surface area contributed by atoms with Crippen LogP contribution in [0, 0.1) is 0 Å². The standard InChI is InChI=1S/C13H17NO2.ClH/c15-13(16)12-6-4-5-11(9-12)10-14-7-2-1-3-8-14;/h4-6,9H,1-3,7-8,10H2,(H,15,16);1H/p-1. The first kappa shape index (κ1) is 14.0. The number of benzene rings is 1. The Bertz CT molecular complexity index is 375. The molecule has 17 heavy (non-hydrogen) atoms. The highest BCUT2D eigenvalue weighted by Crippen LogP contribution is 2.13. The Morgan fingerprint density at radius 1 is 1.24 bits per heavy atom. The molecule has 0 bridgehead atoms. The van der Waals surface area contributed by atoms with Crippen molar-refractivity contribution in [3.63, 3.8) is 0 Å². The summed E-state index contributed by atoms with van der Waals surface area (Å²) in [6.45, 7) is 3.15. The van der Waals surface area contributed by atoms with Crippen molar-refractivity contribution in [3.8, 4) is 0 Å². The van der Waals surface area contributed by atoms with Crippen LogP contribution in [-0.2, 0) is 6.54 Å². The molecular formula is C13H17ClNO2-. The molecular weight excluding hydrogens is 238 g/mol. The van der Waals surface area contributed by atoms with E-state index in [2.05, 4.69) is 4.90 Å². The van der Waals surface area contributed by atoms with Crippen molar-refractivity contribution in [3.05, 3.63) is 35.4 Å². The van der Waals surface area contributed by atoms with E-state index in [0.717, 1.165) is 25.2 Å². The van der Waals surface area contributed by atoms with Gasteiger partial charge in [0, 0.05) is 6.54 Å². The molecule has 0 amide bonds. The van der Waals surface area contributed by atoms with Gasteiger partial charge < -0.3 is 17.5 Å². The molecule has 0 radical (unpaired) electrons. The summed E-state index contributed by atoms with van der Waals surface area (Å²) >= 11 is 0. The third-order valence-corrected chi connectivity index (χ3v) is 3.03. The number of hydrogen-bond donors (Lipinski definition) is 1. The summed E-state index contributed by atoms with van der Waals surface area (Å²) in [6, 6.07) is 7.24. The smallest absolute Gasteiger partial charge is 0.335 e. The van der Waals surface area contributed by atoms with Crippen LogP contribution >= 0.6 is 0 Å². The topological polar surface area (TPSA) is 40.5 Å². The highest BCUT2D eigenvalue weighted by atomic mass is 35.5. The van der Waals surface area contributed by atoms with Gasteiger partial charge in [-0.15, -0.1) is 0 Å². The first-order valence-electron chi connectivity index (χ1n) is 5.80. The summed E-state index contributed by atoms with van der Waals surface area (Å²) in [7, 11) is 0. The zero-order valence-electron chi connectivity index (χ0n) is 9.73. The van der Waals surface area contributed by atoms with Crippen molar-refractivity contribution in [1.29, 1.82) is 0 Å². The maximum Gasteiger partial charge on any atom is 0.335 e. The molecule has 1 aliphatic heterocycles. The van der Waals surface area contributed by atoms with E-state index in [1.807, 2.05) is 12.1 Å². The van der Waals surface area contributed by atoms with E-state index >= 15 is 0 Å². The predicted molar refractivity (Wildman–Crippen MR) is 62.5 cm³/mol. The van der Waals surface area contributed by atoms with Gasteiger partial charge in [-0.05, 0) is 43.6 Å². The summed E-state index contributed by atoms with van der Waals surface area (Å²) in [6.07, 6.45) is 3.85. The van der Waals surface area contributed by atoms with Crippen molar-refractivity contribution in [2.75, 3.05) is 13.1 Å². The molecule has 0 aliphatic carbocycles. The van der Waals surface area contributed by atoms with Gasteiger partial charge in [0.25, 0.3) is 0 Å². The summed E-state index contributed by atoms with van der Waals surface area (Å²) in [5, 5.41) is 8.90. The van der Waals surface area contributed by atoms with Gasteiger partial charge in [0.2, 0.25) is 0 Å². The molecule has 0 unspecified atom stereocenters. The number of nitrogens with zero attached hydrogens (tertiary/aromatic N) is 1. The molecule has 0 spiro atoms. The number of piperidine rings is 1. The van der Waals surface area contributed by atoms with Gasteiger partial charge in [-0.3, -0.25) is 4.90 Å². The lowest BCUT2D eigenvalue weighted by atomic mass is 10.1. The molecule has 1 aromatic carbocycles. The highest BCUT2D eigenvalue weighted by Gasteiger charge is 2.11. The minimum atomic E-state index is -0.847. The number of rotatable bonds is 3. The lowest BCUT2D eigenvalue weighted by Crippen LogP contribution is -3.00. The summed E-state index contributed by atoms with van der Waals surface area (Å²) in [4.78, 5) is 13.2. The van der Waals surface area contributed by atoms with Gasteiger partial charge >= 0.3 is 5.97 Å². The quantitative estimate of drug-likeness (QED) is 0.781. The summed E-state index contributed by atoms with van der Waals surface area (Å²) in [5.41, 5.74) is 1.48. The highest BCUT2D eigenvalue weighted by molar-refractivity contribution is 5.87.